The van der Waals surface area contributed by atoms with Gasteiger partial charge in [-0.15, -0.1) is 0 Å². The van der Waals surface area contributed by atoms with Crippen LogP contribution in [0, 0.1) is 5.92 Å². The van der Waals surface area contributed by atoms with Crippen LogP contribution in [0.25, 0.3) is 11.3 Å². The minimum atomic E-state index is -0.393. The number of benzene rings is 2. The van der Waals surface area contributed by atoms with E-state index in [4.69, 9.17) is 21.1 Å². The standard InChI is InChI=1S/C29H36ClN3O4/c1-5-7-8-14-33-28(19-9-12-23(24(16-19)36-6-2)37-15-13-18(3)4)25-26(31-32-27(25)29(33)35)21-17-20(30)10-11-22(21)34/h9-12,16-18,28,34H,5-8,13-15H2,1-4H3,(H,31,32). The van der Waals surface area contributed by atoms with E-state index >= 15 is 0 Å². The summed E-state index contributed by atoms with van der Waals surface area (Å²) < 4.78 is 12.0. The van der Waals surface area contributed by atoms with E-state index in [-0.39, 0.29) is 11.7 Å². The van der Waals surface area contributed by atoms with E-state index in [0.29, 0.717) is 59.1 Å². The number of nitrogens with one attached hydrogen (secondary N) is 1. The monoisotopic (exact) mass is 525 g/mol. The highest BCUT2D eigenvalue weighted by Crippen LogP contribution is 2.46. The van der Waals surface area contributed by atoms with Crippen LogP contribution in [0.4, 0.5) is 0 Å². The average molecular weight is 526 g/mol. The predicted molar refractivity (Wildman–Crippen MR) is 146 cm³/mol. The first-order chi connectivity index (χ1) is 17.8. The first kappa shape index (κ1) is 26.9. The van der Waals surface area contributed by atoms with Gasteiger partial charge in [0.25, 0.3) is 5.91 Å². The number of amides is 1. The lowest BCUT2D eigenvalue weighted by Gasteiger charge is -2.27. The molecule has 3 aromatic rings. The number of hydrogen-bond acceptors (Lipinski definition) is 5. The summed E-state index contributed by atoms with van der Waals surface area (Å²) in [5.74, 6) is 1.82. The van der Waals surface area contributed by atoms with E-state index in [2.05, 4.69) is 31.0 Å². The number of phenols is 1. The summed E-state index contributed by atoms with van der Waals surface area (Å²) in [5.41, 5.74) is 3.06. The van der Waals surface area contributed by atoms with Crippen LogP contribution in [0.1, 0.15) is 81.0 Å². The first-order valence-corrected chi connectivity index (χ1v) is 13.5. The van der Waals surface area contributed by atoms with E-state index in [0.717, 1.165) is 36.8 Å². The molecule has 7 nitrogen and oxygen atoms in total. The number of hydrogen-bond donors (Lipinski definition) is 2. The third kappa shape index (κ3) is 5.72. The van der Waals surface area contributed by atoms with Crippen molar-refractivity contribution in [2.75, 3.05) is 19.8 Å². The van der Waals surface area contributed by atoms with Crippen LogP contribution in [0.3, 0.4) is 0 Å². The fourth-order valence-corrected chi connectivity index (χ4v) is 4.87. The minimum absolute atomic E-state index is 0.0539. The van der Waals surface area contributed by atoms with Gasteiger partial charge in [-0.05, 0) is 61.6 Å². The molecule has 37 heavy (non-hydrogen) atoms. The number of phenolic OH excluding ortho intramolecular Hbond substituents is 1. The maximum Gasteiger partial charge on any atom is 0.273 e. The molecule has 1 aromatic heterocycles. The van der Waals surface area contributed by atoms with E-state index < -0.39 is 6.04 Å². The number of aromatic hydroxyl groups is 1. The number of rotatable bonds is 12. The zero-order chi connectivity index (χ0) is 26.5. The Morgan fingerprint density at radius 2 is 1.92 bits per heavy atom. The largest absolute Gasteiger partial charge is 0.507 e. The highest BCUT2D eigenvalue weighted by Gasteiger charge is 2.42. The molecule has 1 amide bonds. The van der Waals surface area contributed by atoms with Crippen molar-refractivity contribution in [3.63, 3.8) is 0 Å². The normalized spacial score (nSPS) is 14.9. The molecular formula is C29H36ClN3O4. The molecule has 0 saturated carbocycles. The van der Waals surface area contributed by atoms with Crippen LogP contribution >= 0.6 is 11.6 Å². The fraction of sp³-hybridized carbons (Fsp3) is 0.448. The van der Waals surface area contributed by atoms with E-state index in [9.17, 15) is 9.90 Å². The molecule has 2 heterocycles. The summed E-state index contributed by atoms with van der Waals surface area (Å²) in [4.78, 5) is 15.4. The molecule has 198 valence electrons. The van der Waals surface area contributed by atoms with Gasteiger partial charge in [0.1, 0.15) is 17.1 Å². The van der Waals surface area contributed by atoms with Crippen LogP contribution in [-0.2, 0) is 0 Å². The summed E-state index contributed by atoms with van der Waals surface area (Å²) >= 11 is 6.26. The third-order valence-electron chi connectivity index (χ3n) is 6.62. The van der Waals surface area contributed by atoms with Crippen molar-refractivity contribution in [2.45, 2.75) is 59.4 Å². The van der Waals surface area contributed by atoms with Crippen LogP contribution in [-0.4, -0.2) is 45.9 Å². The molecule has 1 aliphatic rings. The van der Waals surface area contributed by atoms with E-state index in [1.165, 1.54) is 0 Å². The van der Waals surface area contributed by atoms with Gasteiger partial charge in [-0.25, -0.2) is 0 Å². The van der Waals surface area contributed by atoms with Gasteiger partial charge in [0.15, 0.2) is 11.5 Å². The number of nitrogens with zero attached hydrogens (tertiary/aromatic N) is 2. The van der Waals surface area contributed by atoms with Gasteiger partial charge in [0, 0.05) is 22.7 Å². The molecule has 0 fully saturated rings. The van der Waals surface area contributed by atoms with Crippen LogP contribution < -0.4 is 9.47 Å². The van der Waals surface area contributed by atoms with Crippen molar-refractivity contribution in [1.82, 2.24) is 15.1 Å². The number of fused-ring (bicyclic) bond motifs is 1. The zero-order valence-electron chi connectivity index (χ0n) is 22.0. The second kappa shape index (κ2) is 11.9. The van der Waals surface area contributed by atoms with Crippen LogP contribution in [0.15, 0.2) is 36.4 Å². The Balaban J connectivity index is 1.79. The Bertz CT molecular complexity index is 1240. The topological polar surface area (TPSA) is 87.7 Å². The lowest BCUT2D eigenvalue weighted by atomic mass is 9.95. The van der Waals surface area contributed by atoms with Crippen molar-refractivity contribution in [3.8, 4) is 28.5 Å². The number of carbonyl (C=O) groups is 1. The van der Waals surface area contributed by atoms with Gasteiger partial charge in [0.2, 0.25) is 0 Å². The molecule has 0 radical (unpaired) electrons. The van der Waals surface area contributed by atoms with Crippen LogP contribution in [0.5, 0.6) is 17.2 Å². The summed E-state index contributed by atoms with van der Waals surface area (Å²) in [6, 6.07) is 10.3. The van der Waals surface area contributed by atoms with Gasteiger partial charge >= 0.3 is 0 Å². The number of aromatic nitrogens is 2. The van der Waals surface area contributed by atoms with Crippen molar-refractivity contribution >= 4 is 17.5 Å². The maximum absolute atomic E-state index is 13.6. The number of H-pyrrole nitrogens is 1. The van der Waals surface area contributed by atoms with E-state index in [1.807, 2.05) is 30.0 Å². The number of ether oxygens (including phenoxy) is 2. The lowest BCUT2D eigenvalue weighted by Crippen LogP contribution is -2.30. The molecule has 0 bridgehead atoms. The molecule has 1 aliphatic heterocycles. The highest BCUT2D eigenvalue weighted by atomic mass is 35.5. The molecule has 2 aromatic carbocycles. The summed E-state index contributed by atoms with van der Waals surface area (Å²) in [6.45, 7) is 10.1. The van der Waals surface area contributed by atoms with Gasteiger partial charge in [0.05, 0.1) is 19.3 Å². The van der Waals surface area contributed by atoms with Gasteiger partial charge in [-0.3, -0.25) is 9.89 Å². The quantitative estimate of drug-likeness (QED) is 0.249. The Morgan fingerprint density at radius 1 is 1.11 bits per heavy atom. The summed E-state index contributed by atoms with van der Waals surface area (Å²) in [5, 5.41) is 18.5. The summed E-state index contributed by atoms with van der Waals surface area (Å²) in [7, 11) is 0. The number of unbranched alkanes of at least 4 members (excludes halogenated alkanes) is 2. The number of carbonyl (C=O) groups excluding carboxylic acids is 1. The predicted octanol–water partition coefficient (Wildman–Crippen LogP) is 6.99. The zero-order valence-corrected chi connectivity index (χ0v) is 22.8. The van der Waals surface area contributed by atoms with Gasteiger partial charge in [-0.1, -0.05) is 51.3 Å². The van der Waals surface area contributed by atoms with Crippen LogP contribution in [0.2, 0.25) is 5.02 Å². The molecule has 8 heteroatoms. The first-order valence-electron chi connectivity index (χ1n) is 13.1. The lowest BCUT2D eigenvalue weighted by molar-refractivity contribution is 0.0740. The van der Waals surface area contributed by atoms with Crippen molar-refractivity contribution < 1.29 is 19.4 Å². The third-order valence-corrected chi connectivity index (χ3v) is 6.85. The van der Waals surface area contributed by atoms with E-state index in [1.54, 1.807) is 18.2 Å². The second-order valence-corrected chi connectivity index (χ2v) is 10.2. The molecule has 0 aliphatic carbocycles. The smallest absolute Gasteiger partial charge is 0.273 e. The number of aromatic amines is 1. The Hall–Kier alpha value is -3.19. The van der Waals surface area contributed by atoms with Gasteiger partial charge < -0.3 is 19.5 Å². The molecule has 4 rings (SSSR count). The number of halogens is 1. The molecule has 2 N–H and O–H groups in total. The molecule has 0 spiro atoms. The average Bonchev–Trinajstić information content (AvgIpc) is 3.41. The molecular weight excluding hydrogens is 490 g/mol. The SMILES string of the molecule is CCCCCN1C(=O)c2[nH]nc(-c3cc(Cl)ccc3O)c2C1c1ccc(OCCC(C)C)c(OCC)c1. The van der Waals surface area contributed by atoms with Crippen molar-refractivity contribution in [2.24, 2.45) is 5.92 Å². The summed E-state index contributed by atoms with van der Waals surface area (Å²) in [6.07, 6.45) is 3.92. The fourth-order valence-electron chi connectivity index (χ4n) is 4.70. The molecule has 1 unspecified atom stereocenters. The van der Waals surface area contributed by atoms with Gasteiger partial charge in [-0.2, -0.15) is 5.10 Å². The molecule has 1 atom stereocenters. The minimum Gasteiger partial charge on any atom is -0.507 e. The Labute approximate surface area is 223 Å². The Morgan fingerprint density at radius 3 is 2.65 bits per heavy atom. The second-order valence-electron chi connectivity index (χ2n) is 9.80. The molecule has 0 saturated heterocycles. The highest BCUT2D eigenvalue weighted by molar-refractivity contribution is 6.31. The van der Waals surface area contributed by atoms with Crippen molar-refractivity contribution in [3.05, 3.63) is 58.2 Å². The van der Waals surface area contributed by atoms with Crippen molar-refractivity contribution in [1.29, 1.82) is 0 Å². The Kier molecular flexibility index (Phi) is 8.64. The maximum atomic E-state index is 13.6.